The highest BCUT2D eigenvalue weighted by molar-refractivity contribution is 7.99. The SMILES string of the molecule is CC(C)(C)NC(=O)CSc1nnc2c3ccccc3nc(-c3ccccc3)n12. The van der Waals surface area contributed by atoms with Gasteiger partial charge in [-0.05, 0) is 32.9 Å². The van der Waals surface area contributed by atoms with Crippen LogP contribution in [-0.4, -0.2) is 36.8 Å². The minimum absolute atomic E-state index is 0.0377. The molecule has 0 radical (unpaired) electrons. The van der Waals surface area contributed by atoms with Gasteiger partial charge in [-0.25, -0.2) is 4.98 Å². The number of para-hydroxylation sites is 1. The Morgan fingerprint density at radius 3 is 2.50 bits per heavy atom. The number of carbonyl (C=O) groups excluding carboxylic acids is 1. The van der Waals surface area contributed by atoms with Crippen LogP contribution in [0.1, 0.15) is 20.8 Å². The normalized spacial score (nSPS) is 11.8. The molecule has 0 bridgehead atoms. The number of nitrogens with zero attached hydrogens (tertiary/aromatic N) is 4. The Balaban J connectivity index is 1.80. The quantitative estimate of drug-likeness (QED) is 0.533. The van der Waals surface area contributed by atoms with Gasteiger partial charge >= 0.3 is 0 Å². The first-order valence-corrected chi connectivity index (χ1v) is 10.0. The second-order valence-corrected chi connectivity index (χ2v) is 8.49. The number of hydrogen-bond acceptors (Lipinski definition) is 5. The number of carbonyl (C=O) groups is 1. The van der Waals surface area contributed by atoms with Crippen molar-refractivity contribution in [1.29, 1.82) is 0 Å². The van der Waals surface area contributed by atoms with Crippen LogP contribution in [0.3, 0.4) is 0 Å². The van der Waals surface area contributed by atoms with E-state index >= 15 is 0 Å². The van der Waals surface area contributed by atoms with Gasteiger partial charge in [-0.1, -0.05) is 54.2 Å². The highest BCUT2D eigenvalue weighted by atomic mass is 32.2. The van der Waals surface area contributed by atoms with Crippen LogP contribution < -0.4 is 5.32 Å². The third-order valence-corrected chi connectivity index (χ3v) is 5.02. The van der Waals surface area contributed by atoms with Crippen LogP contribution in [0.5, 0.6) is 0 Å². The lowest BCUT2D eigenvalue weighted by molar-refractivity contribution is -0.119. The molecule has 1 N–H and O–H groups in total. The van der Waals surface area contributed by atoms with E-state index in [9.17, 15) is 4.79 Å². The summed E-state index contributed by atoms with van der Waals surface area (Å²) in [5, 5.41) is 13.3. The van der Waals surface area contributed by atoms with Gasteiger partial charge in [0.15, 0.2) is 10.8 Å². The molecule has 4 aromatic rings. The summed E-state index contributed by atoms with van der Waals surface area (Å²) >= 11 is 1.36. The lowest BCUT2D eigenvalue weighted by Crippen LogP contribution is -2.41. The summed E-state index contributed by atoms with van der Waals surface area (Å²) < 4.78 is 1.94. The van der Waals surface area contributed by atoms with Crippen LogP contribution in [0.4, 0.5) is 0 Å². The van der Waals surface area contributed by atoms with E-state index in [-0.39, 0.29) is 17.2 Å². The minimum Gasteiger partial charge on any atom is -0.351 e. The van der Waals surface area contributed by atoms with E-state index in [1.807, 2.05) is 79.8 Å². The number of fused-ring (bicyclic) bond motifs is 3. The molecule has 2 aromatic heterocycles. The predicted molar refractivity (Wildman–Crippen MR) is 112 cm³/mol. The van der Waals surface area contributed by atoms with Gasteiger partial charge in [0, 0.05) is 16.5 Å². The molecule has 2 aromatic carbocycles. The van der Waals surface area contributed by atoms with E-state index < -0.39 is 0 Å². The van der Waals surface area contributed by atoms with Gasteiger partial charge in [0.25, 0.3) is 0 Å². The molecule has 6 nitrogen and oxygen atoms in total. The van der Waals surface area contributed by atoms with E-state index in [0.29, 0.717) is 5.16 Å². The van der Waals surface area contributed by atoms with Crippen molar-refractivity contribution in [3.8, 4) is 11.4 Å². The Bertz CT molecular complexity index is 1150. The Labute approximate surface area is 167 Å². The van der Waals surface area contributed by atoms with Gasteiger partial charge in [0.05, 0.1) is 11.3 Å². The van der Waals surface area contributed by atoms with Crippen molar-refractivity contribution in [3.05, 3.63) is 54.6 Å². The molecule has 1 amide bonds. The summed E-state index contributed by atoms with van der Waals surface area (Å²) in [7, 11) is 0. The zero-order valence-electron chi connectivity index (χ0n) is 16.0. The van der Waals surface area contributed by atoms with Crippen molar-refractivity contribution in [2.24, 2.45) is 0 Å². The van der Waals surface area contributed by atoms with E-state index in [0.717, 1.165) is 27.9 Å². The average Bonchev–Trinajstić information content (AvgIpc) is 3.09. The van der Waals surface area contributed by atoms with Gasteiger partial charge in [-0.15, -0.1) is 10.2 Å². The second kappa shape index (κ2) is 7.24. The van der Waals surface area contributed by atoms with Crippen LogP contribution in [0.15, 0.2) is 59.8 Å². The maximum Gasteiger partial charge on any atom is 0.230 e. The van der Waals surface area contributed by atoms with Crippen LogP contribution in [0.2, 0.25) is 0 Å². The fraction of sp³-hybridized carbons (Fsp3) is 0.238. The zero-order chi connectivity index (χ0) is 19.7. The highest BCUT2D eigenvalue weighted by Crippen LogP contribution is 2.28. The highest BCUT2D eigenvalue weighted by Gasteiger charge is 2.19. The predicted octanol–water partition coefficient (Wildman–Crippen LogP) is 3.95. The zero-order valence-corrected chi connectivity index (χ0v) is 16.8. The summed E-state index contributed by atoms with van der Waals surface area (Å²) in [6.07, 6.45) is 0. The number of benzene rings is 2. The van der Waals surface area contributed by atoms with Gasteiger partial charge in [-0.3, -0.25) is 9.20 Å². The van der Waals surface area contributed by atoms with Crippen molar-refractivity contribution in [2.45, 2.75) is 31.5 Å². The van der Waals surface area contributed by atoms with Gasteiger partial charge in [-0.2, -0.15) is 0 Å². The molecule has 0 unspecified atom stereocenters. The molecule has 0 fully saturated rings. The Morgan fingerprint density at radius 1 is 1.04 bits per heavy atom. The Hall–Kier alpha value is -2.93. The second-order valence-electron chi connectivity index (χ2n) is 7.55. The Morgan fingerprint density at radius 2 is 1.75 bits per heavy atom. The molecule has 0 aliphatic rings. The molecule has 142 valence electrons. The molecular weight excluding hydrogens is 370 g/mol. The molecule has 0 saturated carbocycles. The number of nitrogens with one attached hydrogen (secondary N) is 1. The summed E-state index contributed by atoms with van der Waals surface area (Å²) in [5.41, 5.74) is 2.31. The lowest BCUT2D eigenvalue weighted by atomic mass is 10.1. The molecule has 2 heterocycles. The lowest BCUT2D eigenvalue weighted by Gasteiger charge is -2.20. The van der Waals surface area contributed by atoms with E-state index in [2.05, 4.69) is 15.5 Å². The third-order valence-electron chi connectivity index (χ3n) is 4.10. The molecule has 0 spiro atoms. The topological polar surface area (TPSA) is 72.2 Å². The average molecular weight is 392 g/mol. The molecule has 0 saturated heterocycles. The van der Waals surface area contributed by atoms with E-state index in [1.54, 1.807) is 0 Å². The van der Waals surface area contributed by atoms with Crippen molar-refractivity contribution in [3.63, 3.8) is 0 Å². The number of rotatable bonds is 4. The molecule has 4 rings (SSSR count). The summed E-state index contributed by atoms with van der Waals surface area (Å²) in [6, 6.07) is 17.8. The van der Waals surface area contributed by atoms with Crippen LogP contribution in [0, 0.1) is 0 Å². The summed E-state index contributed by atoms with van der Waals surface area (Å²) in [6.45, 7) is 5.89. The largest absolute Gasteiger partial charge is 0.351 e. The third kappa shape index (κ3) is 3.71. The maximum absolute atomic E-state index is 12.3. The van der Waals surface area contributed by atoms with Crippen LogP contribution in [0.25, 0.3) is 27.9 Å². The van der Waals surface area contributed by atoms with Gasteiger partial charge < -0.3 is 5.32 Å². The molecular formula is C21H21N5OS. The van der Waals surface area contributed by atoms with Crippen molar-refractivity contribution in [1.82, 2.24) is 24.9 Å². The number of thioether (sulfide) groups is 1. The molecule has 28 heavy (non-hydrogen) atoms. The van der Waals surface area contributed by atoms with Crippen molar-refractivity contribution >= 4 is 34.2 Å². The van der Waals surface area contributed by atoms with Gasteiger partial charge in [0.1, 0.15) is 5.82 Å². The van der Waals surface area contributed by atoms with Gasteiger partial charge in [0.2, 0.25) is 5.91 Å². The molecule has 7 heteroatoms. The summed E-state index contributed by atoms with van der Waals surface area (Å²) in [4.78, 5) is 17.1. The first-order valence-electron chi connectivity index (χ1n) is 9.05. The van der Waals surface area contributed by atoms with Crippen molar-refractivity contribution in [2.75, 3.05) is 5.75 Å². The first kappa shape index (κ1) is 18.4. The number of aromatic nitrogens is 4. The summed E-state index contributed by atoms with van der Waals surface area (Å²) in [5.74, 6) is 0.987. The fourth-order valence-electron chi connectivity index (χ4n) is 3.02. The maximum atomic E-state index is 12.3. The van der Waals surface area contributed by atoms with Crippen LogP contribution >= 0.6 is 11.8 Å². The van der Waals surface area contributed by atoms with Crippen molar-refractivity contribution < 1.29 is 4.79 Å². The molecule has 0 aliphatic heterocycles. The minimum atomic E-state index is -0.266. The Kier molecular flexibility index (Phi) is 4.77. The standard InChI is InChI=1S/C21H21N5OS/c1-21(2,3)23-17(27)13-28-20-25-24-19-15-11-7-8-12-16(15)22-18(26(19)20)14-9-5-4-6-10-14/h4-12H,13H2,1-3H3,(H,23,27). The smallest absolute Gasteiger partial charge is 0.230 e. The van der Waals surface area contributed by atoms with Crippen LogP contribution in [-0.2, 0) is 4.79 Å². The first-order chi connectivity index (χ1) is 13.4. The van der Waals surface area contributed by atoms with E-state index in [4.69, 9.17) is 4.98 Å². The van der Waals surface area contributed by atoms with E-state index in [1.165, 1.54) is 11.8 Å². The number of hydrogen-bond donors (Lipinski definition) is 1. The monoisotopic (exact) mass is 391 g/mol. The molecule has 0 aliphatic carbocycles. The number of amides is 1. The molecule has 0 atom stereocenters. The fourth-order valence-corrected chi connectivity index (χ4v) is 3.75.